The van der Waals surface area contributed by atoms with Crippen molar-refractivity contribution < 1.29 is 9.32 Å². The number of carbonyl (C=O) groups excluding carboxylic acids is 1. The molecule has 1 aliphatic rings. The molecule has 0 radical (unpaired) electrons. The highest BCUT2D eigenvalue weighted by Gasteiger charge is 2.25. The van der Waals surface area contributed by atoms with Crippen LogP contribution in [0.4, 0.5) is 0 Å². The van der Waals surface area contributed by atoms with Crippen molar-refractivity contribution in [3.63, 3.8) is 0 Å². The Kier molecular flexibility index (Phi) is 3.19. The van der Waals surface area contributed by atoms with Crippen molar-refractivity contribution in [2.24, 2.45) is 0 Å². The van der Waals surface area contributed by atoms with Gasteiger partial charge in [-0.25, -0.2) is 0 Å². The fourth-order valence-corrected chi connectivity index (χ4v) is 1.96. The van der Waals surface area contributed by atoms with E-state index in [4.69, 9.17) is 4.52 Å². The van der Waals surface area contributed by atoms with E-state index >= 15 is 0 Å². The number of aromatic nitrogens is 2. The first-order chi connectivity index (χ1) is 7.66. The Morgan fingerprint density at radius 2 is 2.50 bits per heavy atom. The van der Waals surface area contributed by atoms with Gasteiger partial charge in [0.2, 0.25) is 11.8 Å². The number of hydrogen-bond donors (Lipinski definition) is 1. The van der Waals surface area contributed by atoms with Crippen LogP contribution in [0.25, 0.3) is 0 Å². The number of aryl methyl sites for hydroxylation is 1. The molecule has 0 bridgehead atoms. The van der Waals surface area contributed by atoms with Gasteiger partial charge < -0.3 is 14.7 Å². The van der Waals surface area contributed by atoms with Crippen LogP contribution in [0, 0.1) is 6.92 Å². The lowest BCUT2D eigenvalue weighted by Gasteiger charge is -2.25. The maximum absolute atomic E-state index is 11.6. The average Bonchev–Trinajstić information content (AvgIpc) is 2.84. The van der Waals surface area contributed by atoms with Gasteiger partial charge in [0.05, 0.1) is 6.54 Å². The molecule has 0 spiro atoms. The first kappa shape index (κ1) is 11.1. The van der Waals surface area contributed by atoms with Crippen LogP contribution in [-0.4, -0.2) is 40.1 Å². The molecule has 2 heterocycles. The summed E-state index contributed by atoms with van der Waals surface area (Å²) in [6, 6.07) is 0.247. The third-order valence-electron chi connectivity index (χ3n) is 2.76. The predicted molar refractivity (Wildman–Crippen MR) is 56.5 cm³/mol. The second-order valence-corrected chi connectivity index (χ2v) is 4.02. The summed E-state index contributed by atoms with van der Waals surface area (Å²) in [6.45, 7) is 5.55. The molecule has 0 saturated carbocycles. The topological polar surface area (TPSA) is 71.3 Å². The molecule has 1 atom stereocenters. The molecule has 0 aliphatic carbocycles. The minimum atomic E-state index is 0.0520. The second-order valence-electron chi connectivity index (χ2n) is 4.02. The Labute approximate surface area is 94.0 Å². The second kappa shape index (κ2) is 4.61. The Morgan fingerprint density at radius 3 is 3.00 bits per heavy atom. The Hall–Kier alpha value is -1.43. The summed E-state index contributed by atoms with van der Waals surface area (Å²) in [4.78, 5) is 17.5. The molecule has 1 aromatic heterocycles. The number of nitrogens with one attached hydrogen (secondary N) is 1. The van der Waals surface area contributed by atoms with E-state index in [1.54, 1.807) is 18.7 Å². The van der Waals surface area contributed by atoms with E-state index in [9.17, 15) is 4.79 Å². The zero-order valence-corrected chi connectivity index (χ0v) is 9.56. The molecular weight excluding hydrogens is 208 g/mol. The van der Waals surface area contributed by atoms with E-state index < -0.39 is 0 Å². The normalized spacial score (nSPS) is 20.0. The number of hydrogen-bond acceptors (Lipinski definition) is 5. The molecule has 16 heavy (non-hydrogen) atoms. The number of rotatable bonds is 3. The van der Waals surface area contributed by atoms with Gasteiger partial charge in [0.25, 0.3) is 0 Å². The van der Waals surface area contributed by atoms with Crippen LogP contribution in [0.5, 0.6) is 0 Å². The highest BCUT2D eigenvalue weighted by atomic mass is 16.5. The van der Waals surface area contributed by atoms with Gasteiger partial charge in [-0.2, -0.15) is 4.98 Å². The molecule has 1 saturated heterocycles. The molecule has 88 valence electrons. The van der Waals surface area contributed by atoms with Gasteiger partial charge in [-0.05, 0) is 13.0 Å². The third kappa shape index (κ3) is 2.38. The summed E-state index contributed by atoms with van der Waals surface area (Å²) in [5, 5.41) is 7.05. The van der Waals surface area contributed by atoms with Crippen LogP contribution in [0.1, 0.15) is 25.1 Å². The van der Waals surface area contributed by atoms with Crippen molar-refractivity contribution in [1.82, 2.24) is 20.4 Å². The maximum atomic E-state index is 11.6. The monoisotopic (exact) mass is 224 g/mol. The standard InChI is InChI=1S/C10H16N4O2/c1-7-12-10(13-16-7)6-14(8(2)15)9-3-4-11-5-9/h9,11H,3-6H2,1-2H3. The Balaban J connectivity index is 2.05. The number of carbonyl (C=O) groups is 1. The van der Waals surface area contributed by atoms with E-state index in [1.807, 2.05) is 0 Å². The van der Waals surface area contributed by atoms with E-state index in [-0.39, 0.29) is 11.9 Å². The van der Waals surface area contributed by atoms with Crippen LogP contribution in [0.3, 0.4) is 0 Å². The van der Waals surface area contributed by atoms with Gasteiger partial charge in [-0.15, -0.1) is 0 Å². The fraction of sp³-hybridized carbons (Fsp3) is 0.700. The molecule has 1 aromatic rings. The zero-order valence-electron chi connectivity index (χ0n) is 9.56. The van der Waals surface area contributed by atoms with Gasteiger partial charge in [0.1, 0.15) is 0 Å². The van der Waals surface area contributed by atoms with Gasteiger partial charge in [0, 0.05) is 26.4 Å². The van der Waals surface area contributed by atoms with E-state index in [0.717, 1.165) is 19.5 Å². The summed E-state index contributed by atoms with van der Waals surface area (Å²) in [7, 11) is 0. The lowest BCUT2D eigenvalue weighted by molar-refractivity contribution is -0.131. The van der Waals surface area contributed by atoms with E-state index in [2.05, 4.69) is 15.5 Å². The van der Waals surface area contributed by atoms with Crippen molar-refractivity contribution in [3.8, 4) is 0 Å². The van der Waals surface area contributed by atoms with Gasteiger partial charge >= 0.3 is 0 Å². The highest BCUT2D eigenvalue weighted by molar-refractivity contribution is 5.73. The predicted octanol–water partition coefficient (Wildman–Crippen LogP) is 0.0884. The molecule has 2 rings (SSSR count). The van der Waals surface area contributed by atoms with Gasteiger partial charge in [-0.1, -0.05) is 5.16 Å². The first-order valence-corrected chi connectivity index (χ1v) is 5.44. The zero-order chi connectivity index (χ0) is 11.5. The molecule has 6 nitrogen and oxygen atoms in total. The van der Waals surface area contributed by atoms with Crippen molar-refractivity contribution in [2.75, 3.05) is 13.1 Å². The highest BCUT2D eigenvalue weighted by Crippen LogP contribution is 2.12. The van der Waals surface area contributed by atoms with Crippen molar-refractivity contribution in [2.45, 2.75) is 32.9 Å². The summed E-state index contributed by atoms with van der Waals surface area (Å²) < 4.78 is 4.89. The SMILES string of the molecule is CC(=O)N(Cc1noc(C)n1)C1CCNC1. The summed E-state index contributed by atoms with van der Waals surface area (Å²) in [5.74, 6) is 1.15. The van der Waals surface area contributed by atoms with Gasteiger partial charge in [-0.3, -0.25) is 4.79 Å². The lowest BCUT2D eigenvalue weighted by atomic mass is 10.2. The minimum absolute atomic E-state index is 0.0520. The fourth-order valence-electron chi connectivity index (χ4n) is 1.96. The Bertz CT molecular complexity index is 371. The van der Waals surface area contributed by atoms with Crippen LogP contribution >= 0.6 is 0 Å². The molecule has 1 amide bonds. The summed E-state index contributed by atoms with van der Waals surface area (Å²) in [5.41, 5.74) is 0. The van der Waals surface area contributed by atoms with Crippen LogP contribution < -0.4 is 5.32 Å². The smallest absolute Gasteiger partial charge is 0.223 e. The maximum Gasteiger partial charge on any atom is 0.223 e. The van der Waals surface area contributed by atoms with E-state index in [1.165, 1.54) is 0 Å². The minimum Gasteiger partial charge on any atom is -0.340 e. The molecule has 1 fully saturated rings. The van der Waals surface area contributed by atoms with Crippen LogP contribution in [0.15, 0.2) is 4.52 Å². The molecular formula is C10H16N4O2. The largest absolute Gasteiger partial charge is 0.340 e. The molecule has 0 aromatic carbocycles. The first-order valence-electron chi connectivity index (χ1n) is 5.44. The summed E-state index contributed by atoms with van der Waals surface area (Å²) in [6.07, 6.45) is 0.983. The van der Waals surface area contributed by atoms with Crippen LogP contribution in [0.2, 0.25) is 0 Å². The van der Waals surface area contributed by atoms with Crippen molar-refractivity contribution in [3.05, 3.63) is 11.7 Å². The molecule has 1 aliphatic heterocycles. The molecule has 1 unspecified atom stereocenters. The van der Waals surface area contributed by atoms with Crippen molar-refractivity contribution in [1.29, 1.82) is 0 Å². The third-order valence-corrected chi connectivity index (χ3v) is 2.76. The van der Waals surface area contributed by atoms with Crippen LogP contribution in [-0.2, 0) is 11.3 Å². The van der Waals surface area contributed by atoms with Crippen molar-refractivity contribution >= 4 is 5.91 Å². The number of nitrogens with zero attached hydrogens (tertiary/aromatic N) is 3. The summed E-state index contributed by atoms with van der Waals surface area (Å²) >= 11 is 0. The average molecular weight is 224 g/mol. The molecule has 6 heteroatoms. The van der Waals surface area contributed by atoms with E-state index in [0.29, 0.717) is 18.3 Å². The number of amides is 1. The molecule has 1 N–H and O–H groups in total. The lowest BCUT2D eigenvalue weighted by Crippen LogP contribution is -2.39. The quantitative estimate of drug-likeness (QED) is 0.787. The van der Waals surface area contributed by atoms with Gasteiger partial charge in [0.15, 0.2) is 5.82 Å². The Morgan fingerprint density at radius 1 is 1.69 bits per heavy atom.